The first kappa shape index (κ1) is 17.9. The minimum atomic E-state index is -2.61. The molecule has 0 bridgehead atoms. The van der Waals surface area contributed by atoms with Crippen LogP contribution in [0.4, 0.5) is 0 Å². The quantitative estimate of drug-likeness (QED) is 0.464. The third-order valence-electron chi connectivity index (χ3n) is 1.37. The molecule has 15 heavy (non-hydrogen) atoms. The van der Waals surface area contributed by atoms with Crippen molar-refractivity contribution >= 4 is 63.4 Å². The zero-order valence-corrected chi connectivity index (χ0v) is 8.80. The molecular weight excluding hydrogens is 368 g/mol. The Morgan fingerprint density at radius 2 is 1.67 bits per heavy atom. The van der Waals surface area contributed by atoms with Crippen molar-refractivity contribution in [2.45, 2.75) is 18.4 Å². The molecule has 0 aliphatic rings. The SMILES string of the molecule is O=C(O)CC(O)(CC(=O)[O][Mo])C(=O)O.[SrH2]. The summed E-state index contributed by atoms with van der Waals surface area (Å²) in [5.41, 5.74) is -2.61. The van der Waals surface area contributed by atoms with Crippen LogP contribution in [-0.2, 0) is 38.0 Å². The molecule has 1 atom stereocenters. The number of carbonyl (C=O) groups excluding carboxylic acids is 1. The van der Waals surface area contributed by atoms with Gasteiger partial charge in [0.1, 0.15) is 0 Å². The summed E-state index contributed by atoms with van der Waals surface area (Å²) < 4.78 is 4.13. The van der Waals surface area contributed by atoms with Crippen molar-refractivity contribution < 1.29 is 53.3 Å². The third-order valence-corrected chi connectivity index (χ3v) is 1.83. The number of carboxylic acids is 2. The molecule has 0 aromatic carbocycles. The van der Waals surface area contributed by atoms with Crippen LogP contribution in [0, 0.1) is 0 Å². The Labute approximate surface area is 133 Å². The second kappa shape index (κ2) is 7.75. The standard InChI is InChI=1S/C6H8O7.Mo.Sr.2H/c7-3(8)1-6(13,5(11)12)2-4(9)10;;;;/h13H,1-2H2,(H,7,8)(H,9,10)(H,11,12);;;;/q;+1;;;/p-1. The van der Waals surface area contributed by atoms with Gasteiger partial charge in [-0.1, -0.05) is 0 Å². The number of aliphatic carboxylic acids is 2. The fraction of sp³-hybridized carbons (Fsp3) is 0.500. The van der Waals surface area contributed by atoms with E-state index in [1.165, 1.54) is 0 Å². The molecule has 0 saturated heterocycles. The molecule has 0 aliphatic carbocycles. The van der Waals surface area contributed by atoms with Gasteiger partial charge in [-0.25, -0.2) is 0 Å². The van der Waals surface area contributed by atoms with Crippen LogP contribution in [0.25, 0.3) is 0 Å². The average molecular weight is 377 g/mol. The van der Waals surface area contributed by atoms with Crippen molar-refractivity contribution in [1.82, 2.24) is 0 Å². The summed E-state index contributed by atoms with van der Waals surface area (Å²) in [6, 6.07) is 0. The van der Waals surface area contributed by atoms with Gasteiger partial charge in [0, 0.05) is 0 Å². The number of hydrogen-bond acceptors (Lipinski definition) is 5. The first-order valence-electron chi connectivity index (χ1n) is 3.32. The summed E-state index contributed by atoms with van der Waals surface area (Å²) in [4.78, 5) is 31.4. The van der Waals surface area contributed by atoms with Crippen LogP contribution in [0.15, 0.2) is 0 Å². The summed E-state index contributed by atoms with van der Waals surface area (Å²) in [5, 5.41) is 26.1. The molecular formula is C6H9MoO7Sr. The Morgan fingerprint density at radius 3 is 1.93 bits per heavy atom. The summed E-state index contributed by atoms with van der Waals surface area (Å²) in [7, 11) is 0. The molecule has 1 unspecified atom stereocenters. The summed E-state index contributed by atoms with van der Waals surface area (Å²) in [6.45, 7) is 0. The maximum absolute atomic E-state index is 10.7. The van der Waals surface area contributed by atoms with Gasteiger partial charge in [-0.2, -0.15) is 0 Å². The first-order valence-corrected chi connectivity index (χ1v) is 4.14. The van der Waals surface area contributed by atoms with Crippen LogP contribution in [0.2, 0.25) is 0 Å². The van der Waals surface area contributed by atoms with E-state index in [9.17, 15) is 19.5 Å². The van der Waals surface area contributed by atoms with Gasteiger partial charge in [0.25, 0.3) is 0 Å². The van der Waals surface area contributed by atoms with Gasteiger partial charge in [-0.05, 0) is 0 Å². The van der Waals surface area contributed by atoms with E-state index in [-0.39, 0.29) is 45.5 Å². The van der Waals surface area contributed by atoms with Crippen molar-refractivity contribution in [3.63, 3.8) is 0 Å². The molecule has 0 aliphatic heterocycles. The minimum absolute atomic E-state index is 0. The molecule has 0 fully saturated rings. The molecule has 0 radical (unpaired) electrons. The second-order valence-corrected chi connectivity index (χ2v) is 2.95. The Morgan fingerprint density at radius 1 is 1.20 bits per heavy atom. The van der Waals surface area contributed by atoms with Crippen molar-refractivity contribution in [3.05, 3.63) is 0 Å². The van der Waals surface area contributed by atoms with Gasteiger partial charge < -0.3 is 0 Å². The van der Waals surface area contributed by atoms with Gasteiger partial charge in [0.15, 0.2) is 0 Å². The Balaban J connectivity index is 0. The van der Waals surface area contributed by atoms with E-state index in [0.717, 1.165) is 20.2 Å². The maximum atomic E-state index is 10.7. The van der Waals surface area contributed by atoms with E-state index < -0.39 is 36.4 Å². The van der Waals surface area contributed by atoms with Gasteiger partial charge in [-0.15, -0.1) is 0 Å². The van der Waals surface area contributed by atoms with E-state index >= 15 is 0 Å². The monoisotopic (exact) mass is 379 g/mol. The summed E-state index contributed by atoms with van der Waals surface area (Å²) >= 11 is 0.937. The molecule has 0 aromatic heterocycles. The van der Waals surface area contributed by atoms with E-state index in [2.05, 4.69) is 3.39 Å². The van der Waals surface area contributed by atoms with Gasteiger partial charge >= 0.3 is 135 Å². The van der Waals surface area contributed by atoms with Crippen LogP contribution in [0.1, 0.15) is 12.8 Å². The number of carboxylic acid groups (broad SMARTS) is 2. The second-order valence-electron chi connectivity index (χ2n) is 2.54. The van der Waals surface area contributed by atoms with Crippen LogP contribution < -0.4 is 0 Å². The van der Waals surface area contributed by atoms with Crippen molar-refractivity contribution in [2.24, 2.45) is 0 Å². The number of aliphatic hydroxyl groups is 1. The predicted octanol–water partition coefficient (Wildman–Crippen LogP) is -2.24. The zero-order valence-electron chi connectivity index (χ0n) is 6.80. The average Bonchev–Trinajstić information content (AvgIpc) is 2.02. The number of hydrogen-bond donors (Lipinski definition) is 3. The van der Waals surface area contributed by atoms with Crippen molar-refractivity contribution in [3.8, 4) is 0 Å². The summed E-state index contributed by atoms with van der Waals surface area (Å²) in [5.74, 6) is -4.27. The predicted molar refractivity (Wildman–Crippen MR) is 44.1 cm³/mol. The Kier molecular flexibility index (Phi) is 9.26. The molecule has 0 amide bonds. The fourth-order valence-corrected chi connectivity index (χ4v) is 0.877. The van der Waals surface area contributed by atoms with Crippen molar-refractivity contribution in [1.29, 1.82) is 0 Å². The van der Waals surface area contributed by atoms with Gasteiger partial charge in [0.05, 0.1) is 0 Å². The molecule has 83 valence electrons. The van der Waals surface area contributed by atoms with Crippen LogP contribution in [0.5, 0.6) is 0 Å². The summed E-state index contributed by atoms with van der Waals surface area (Å²) in [6.07, 6.45) is -1.95. The molecule has 0 heterocycles. The molecule has 0 aromatic rings. The number of carbonyl (C=O) groups is 3. The van der Waals surface area contributed by atoms with E-state index in [0.29, 0.717) is 0 Å². The normalized spacial score (nSPS) is 13.1. The first-order chi connectivity index (χ1) is 6.31. The molecule has 3 N–H and O–H groups in total. The molecule has 0 rings (SSSR count). The van der Waals surface area contributed by atoms with E-state index in [1.807, 2.05) is 0 Å². The van der Waals surface area contributed by atoms with E-state index in [4.69, 9.17) is 10.2 Å². The van der Waals surface area contributed by atoms with Crippen LogP contribution in [0.3, 0.4) is 0 Å². The van der Waals surface area contributed by atoms with Crippen LogP contribution in [-0.4, -0.2) is 84.3 Å². The zero-order chi connectivity index (χ0) is 11.4. The Hall–Kier alpha value is 0.539. The fourth-order valence-electron chi connectivity index (χ4n) is 0.732. The number of rotatable bonds is 5. The molecule has 0 saturated carbocycles. The molecule has 7 nitrogen and oxygen atoms in total. The van der Waals surface area contributed by atoms with E-state index in [1.54, 1.807) is 0 Å². The van der Waals surface area contributed by atoms with Crippen molar-refractivity contribution in [2.75, 3.05) is 0 Å². The molecule has 0 spiro atoms. The van der Waals surface area contributed by atoms with Gasteiger partial charge in [0.2, 0.25) is 0 Å². The topological polar surface area (TPSA) is 121 Å². The third kappa shape index (κ3) is 6.65. The van der Waals surface area contributed by atoms with Gasteiger partial charge in [-0.3, -0.25) is 0 Å². The van der Waals surface area contributed by atoms with Crippen LogP contribution >= 0.6 is 0 Å². The Bertz CT molecular complexity index is 268. The molecule has 9 heteroatoms.